The van der Waals surface area contributed by atoms with Crippen LogP contribution in [0.2, 0.25) is 0 Å². The van der Waals surface area contributed by atoms with Crippen LogP contribution in [0.25, 0.3) is 0 Å². The number of phenolic OH excluding ortho intramolecular Hbond substituents is 1. The van der Waals surface area contributed by atoms with Crippen LogP contribution in [0.4, 0.5) is 5.69 Å². The number of hydrogen-bond acceptors (Lipinski definition) is 8. The third-order valence-electron chi connectivity index (χ3n) is 6.46. The van der Waals surface area contributed by atoms with Gasteiger partial charge < -0.3 is 14.7 Å². The molecule has 0 radical (unpaired) electrons. The second-order valence-electron chi connectivity index (χ2n) is 8.83. The number of hydrogen-bond donors (Lipinski definition) is 1. The molecule has 0 aromatic heterocycles. The molecule has 0 saturated carbocycles. The molecule has 0 bridgehead atoms. The van der Waals surface area contributed by atoms with Crippen LogP contribution in [0.15, 0.2) is 84.1 Å². The number of ether oxygens (including phenoxy) is 1. The predicted molar refractivity (Wildman–Crippen MR) is 146 cm³/mol. The van der Waals surface area contributed by atoms with E-state index < -0.39 is 0 Å². The molecule has 1 atom stereocenters. The summed E-state index contributed by atoms with van der Waals surface area (Å²) in [5.74, 6) is 0.661. The zero-order valence-electron chi connectivity index (χ0n) is 22.7. The van der Waals surface area contributed by atoms with Gasteiger partial charge in [-0.15, -0.1) is 0 Å². The highest BCUT2D eigenvalue weighted by molar-refractivity contribution is 5.59. The van der Waals surface area contributed by atoms with Gasteiger partial charge in [-0.3, -0.25) is 4.90 Å². The largest absolute Gasteiger partial charge is 0.504 e. The fourth-order valence-electron chi connectivity index (χ4n) is 4.89. The standard InChI is InChI=1S/C29H34N2O2.2CO2/c1-5-23-20-30(19-22-12-8-7-9-13-22)29(24-15-16-27(32)28(18-24)33-4)31(26(23)6-2)25-14-10-11-21(3)17-25;2*2-1-3/h7-18,29,32H,5-6,19-20H2,1-4H3;;. The highest BCUT2D eigenvalue weighted by Gasteiger charge is 2.35. The van der Waals surface area contributed by atoms with Crippen molar-refractivity contribution in [1.82, 2.24) is 4.90 Å². The van der Waals surface area contributed by atoms with E-state index in [0.29, 0.717) is 5.75 Å². The zero-order chi connectivity index (χ0) is 28.8. The number of rotatable bonds is 7. The number of phenols is 1. The molecule has 4 rings (SSSR count). The topological polar surface area (TPSA) is 104 Å². The number of benzene rings is 3. The van der Waals surface area contributed by atoms with Crippen LogP contribution < -0.4 is 9.64 Å². The minimum absolute atomic E-state index is 0.0215. The number of nitrogens with zero attached hydrogens (tertiary/aromatic N) is 2. The van der Waals surface area contributed by atoms with E-state index in [1.165, 1.54) is 28.1 Å². The molecule has 1 aliphatic rings. The second kappa shape index (κ2) is 15.7. The molecule has 1 unspecified atom stereocenters. The average molecular weight is 531 g/mol. The van der Waals surface area contributed by atoms with Gasteiger partial charge in [0.05, 0.1) is 7.11 Å². The normalized spacial score (nSPS) is 14.7. The Morgan fingerprint density at radius 3 is 2.13 bits per heavy atom. The van der Waals surface area contributed by atoms with E-state index in [2.05, 4.69) is 85.2 Å². The summed E-state index contributed by atoms with van der Waals surface area (Å²) in [4.78, 5) is 37.5. The molecule has 0 fully saturated rings. The van der Waals surface area contributed by atoms with E-state index in [4.69, 9.17) is 23.9 Å². The Kier molecular flexibility index (Phi) is 12.4. The van der Waals surface area contributed by atoms with Crippen molar-refractivity contribution in [3.8, 4) is 11.5 Å². The maximum atomic E-state index is 10.3. The van der Waals surface area contributed by atoms with Crippen molar-refractivity contribution in [3.63, 3.8) is 0 Å². The molecule has 0 aliphatic carbocycles. The van der Waals surface area contributed by atoms with Crippen molar-refractivity contribution >= 4 is 18.0 Å². The van der Waals surface area contributed by atoms with Gasteiger partial charge in [-0.2, -0.15) is 19.2 Å². The summed E-state index contributed by atoms with van der Waals surface area (Å²) in [6.07, 6.45) is 2.46. The smallest absolute Gasteiger partial charge is 0.373 e. The number of aromatic hydroxyl groups is 1. The van der Waals surface area contributed by atoms with E-state index in [9.17, 15) is 5.11 Å². The van der Waals surface area contributed by atoms with Gasteiger partial charge in [-0.1, -0.05) is 62.4 Å². The van der Waals surface area contributed by atoms with Crippen LogP contribution in [0.5, 0.6) is 11.5 Å². The number of aryl methyl sites for hydroxylation is 1. The van der Waals surface area contributed by atoms with E-state index >= 15 is 0 Å². The molecular formula is C31H34N2O6. The Hall–Kier alpha value is -4.48. The Bertz CT molecular complexity index is 1300. The maximum Gasteiger partial charge on any atom is 0.373 e. The number of methoxy groups -OCH3 is 1. The molecule has 0 saturated heterocycles. The van der Waals surface area contributed by atoms with Gasteiger partial charge in [-0.25, -0.2) is 0 Å². The van der Waals surface area contributed by atoms with E-state index in [1.807, 2.05) is 12.1 Å². The third kappa shape index (κ3) is 8.00. The summed E-state index contributed by atoms with van der Waals surface area (Å²) >= 11 is 0. The van der Waals surface area contributed by atoms with Crippen LogP contribution in [0.3, 0.4) is 0 Å². The molecule has 0 amide bonds. The fraction of sp³-hybridized carbons (Fsp3) is 0.290. The van der Waals surface area contributed by atoms with Crippen LogP contribution in [0, 0.1) is 6.92 Å². The first kappa shape index (κ1) is 30.7. The Morgan fingerprint density at radius 1 is 0.897 bits per heavy atom. The number of anilines is 1. The van der Waals surface area contributed by atoms with Crippen molar-refractivity contribution in [1.29, 1.82) is 0 Å². The zero-order valence-corrected chi connectivity index (χ0v) is 22.7. The van der Waals surface area contributed by atoms with Crippen LogP contribution in [-0.4, -0.2) is 36.0 Å². The van der Waals surface area contributed by atoms with Gasteiger partial charge in [0.1, 0.15) is 6.17 Å². The summed E-state index contributed by atoms with van der Waals surface area (Å²) in [7, 11) is 1.60. The lowest BCUT2D eigenvalue weighted by atomic mass is 9.97. The van der Waals surface area contributed by atoms with Gasteiger partial charge in [0.25, 0.3) is 0 Å². The monoisotopic (exact) mass is 530 g/mol. The number of allylic oxidation sites excluding steroid dienone is 1. The van der Waals surface area contributed by atoms with Gasteiger partial charge >= 0.3 is 12.3 Å². The average Bonchev–Trinajstić information content (AvgIpc) is 2.94. The molecular weight excluding hydrogens is 496 g/mol. The van der Waals surface area contributed by atoms with Crippen molar-refractivity contribution in [2.45, 2.75) is 46.3 Å². The fourth-order valence-corrected chi connectivity index (χ4v) is 4.89. The maximum absolute atomic E-state index is 10.3. The minimum atomic E-state index is -0.0215. The second-order valence-corrected chi connectivity index (χ2v) is 8.83. The first-order chi connectivity index (χ1) is 18.9. The van der Waals surface area contributed by atoms with Crippen molar-refractivity contribution in [2.24, 2.45) is 0 Å². The molecule has 1 N–H and O–H groups in total. The molecule has 1 aliphatic heterocycles. The van der Waals surface area contributed by atoms with Crippen LogP contribution in [0.1, 0.15) is 49.5 Å². The van der Waals surface area contributed by atoms with Crippen molar-refractivity contribution in [2.75, 3.05) is 18.6 Å². The van der Waals surface area contributed by atoms with Gasteiger partial charge in [0.15, 0.2) is 11.5 Å². The molecule has 204 valence electrons. The highest BCUT2D eigenvalue weighted by atomic mass is 16.5. The molecule has 8 heteroatoms. The summed E-state index contributed by atoms with van der Waals surface area (Å²) in [6.45, 7) is 8.38. The Balaban J connectivity index is 0.000000815. The van der Waals surface area contributed by atoms with Crippen LogP contribution >= 0.6 is 0 Å². The van der Waals surface area contributed by atoms with Crippen molar-refractivity contribution < 1.29 is 29.0 Å². The van der Waals surface area contributed by atoms with E-state index in [-0.39, 0.29) is 24.2 Å². The van der Waals surface area contributed by atoms with Gasteiger partial charge in [0, 0.05) is 24.5 Å². The van der Waals surface area contributed by atoms with Crippen LogP contribution in [-0.2, 0) is 25.7 Å². The highest BCUT2D eigenvalue weighted by Crippen LogP contribution is 2.43. The Morgan fingerprint density at radius 2 is 1.56 bits per heavy atom. The SMILES string of the molecule is CCC1=C(CC)N(c2cccc(C)c2)C(c2ccc(O)c(OC)c2)N(Cc2ccccc2)C1.O=C=O.O=C=O. The van der Waals surface area contributed by atoms with E-state index in [1.54, 1.807) is 13.2 Å². The molecule has 8 nitrogen and oxygen atoms in total. The van der Waals surface area contributed by atoms with Crippen molar-refractivity contribution in [3.05, 3.63) is 101 Å². The summed E-state index contributed by atoms with van der Waals surface area (Å²) in [6, 6.07) is 25.1. The van der Waals surface area contributed by atoms with E-state index in [0.717, 1.165) is 31.5 Å². The summed E-state index contributed by atoms with van der Waals surface area (Å²) < 4.78 is 5.49. The summed E-state index contributed by atoms with van der Waals surface area (Å²) in [5, 5.41) is 10.3. The number of carbonyl (C=O) groups excluding carboxylic acids is 4. The third-order valence-corrected chi connectivity index (χ3v) is 6.46. The summed E-state index contributed by atoms with van der Waals surface area (Å²) in [5.41, 5.74) is 7.66. The van der Waals surface area contributed by atoms with Gasteiger partial charge in [0.2, 0.25) is 0 Å². The lowest BCUT2D eigenvalue weighted by Crippen LogP contribution is -2.46. The molecule has 1 heterocycles. The molecule has 39 heavy (non-hydrogen) atoms. The van der Waals surface area contributed by atoms with Gasteiger partial charge in [-0.05, 0) is 66.3 Å². The lowest BCUT2D eigenvalue weighted by molar-refractivity contribution is -0.193. The molecule has 0 spiro atoms. The quantitative estimate of drug-likeness (QED) is 0.419. The predicted octanol–water partition coefficient (Wildman–Crippen LogP) is 5.64. The minimum Gasteiger partial charge on any atom is -0.504 e. The lowest BCUT2D eigenvalue weighted by Gasteiger charge is -2.47. The molecule has 3 aromatic rings. The molecule has 3 aromatic carbocycles. The first-order valence-electron chi connectivity index (χ1n) is 12.6. The first-order valence-corrected chi connectivity index (χ1v) is 12.6. The Labute approximate surface area is 229 Å².